The van der Waals surface area contributed by atoms with Gasteiger partial charge >= 0.3 is 0 Å². The number of rotatable bonds is 8. The van der Waals surface area contributed by atoms with E-state index < -0.39 is 10.0 Å². The molecule has 21 heavy (non-hydrogen) atoms. The maximum atomic E-state index is 12.4. The van der Waals surface area contributed by atoms with E-state index in [0.717, 1.165) is 6.42 Å². The Labute approximate surface area is 134 Å². The highest BCUT2D eigenvalue weighted by Gasteiger charge is 2.22. The van der Waals surface area contributed by atoms with Gasteiger partial charge in [-0.05, 0) is 24.3 Å². The van der Waals surface area contributed by atoms with Crippen LogP contribution in [0.25, 0.3) is 0 Å². The summed E-state index contributed by atoms with van der Waals surface area (Å²) in [7, 11) is -1.88. The molecule has 2 aromatic heterocycles. The smallest absolute Gasteiger partial charge is 0.245 e. The van der Waals surface area contributed by atoms with Crippen LogP contribution in [-0.2, 0) is 23.0 Å². The molecule has 0 saturated heterocycles. The lowest BCUT2D eigenvalue weighted by molar-refractivity contribution is 0.473. The van der Waals surface area contributed by atoms with Crippen molar-refractivity contribution >= 4 is 33.0 Å². The highest BCUT2D eigenvalue weighted by Crippen LogP contribution is 2.15. The maximum absolute atomic E-state index is 12.4. The Morgan fingerprint density at radius 2 is 2.29 bits per heavy atom. The molecule has 0 aliphatic carbocycles. The molecule has 0 unspecified atom stereocenters. The zero-order chi connectivity index (χ0) is 15.3. The SMILES string of the molecule is CN(CCc1cccs1)S(=O)(=O)c1cnn(CCCCl)c1. The van der Waals surface area contributed by atoms with Crippen molar-refractivity contribution in [3.05, 3.63) is 34.8 Å². The summed E-state index contributed by atoms with van der Waals surface area (Å²) in [4.78, 5) is 1.40. The molecule has 0 bridgehead atoms. The van der Waals surface area contributed by atoms with E-state index in [1.165, 1.54) is 15.4 Å². The summed E-state index contributed by atoms with van der Waals surface area (Å²) in [6, 6.07) is 3.98. The molecule has 0 aliphatic heterocycles. The molecule has 0 spiro atoms. The summed E-state index contributed by atoms with van der Waals surface area (Å²) < 4.78 is 27.8. The predicted octanol–water partition coefficient (Wildman–Crippen LogP) is 2.44. The monoisotopic (exact) mass is 347 g/mol. The van der Waals surface area contributed by atoms with E-state index in [9.17, 15) is 8.42 Å². The van der Waals surface area contributed by atoms with E-state index >= 15 is 0 Å². The van der Waals surface area contributed by atoms with Gasteiger partial charge in [-0.15, -0.1) is 22.9 Å². The van der Waals surface area contributed by atoms with E-state index in [0.29, 0.717) is 25.4 Å². The van der Waals surface area contributed by atoms with Crippen LogP contribution >= 0.6 is 22.9 Å². The molecule has 0 atom stereocenters. The second-order valence-corrected chi connectivity index (χ2v) is 8.09. The van der Waals surface area contributed by atoms with Gasteiger partial charge < -0.3 is 0 Å². The van der Waals surface area contributed by atoms with Crippen LogP contribution in [0.5, 0.6) is 0 Å². The second kappa shape index (κ2) is 7.40. The molecule has 116 valence electrons. The van der Waals surface area contributed by atoms with Crippen LogP contribution < -0.4 is 0 Å². The van der Waals surface area contributed by atoms with E-state index in [1.807, 2.05) is 17.5 Å². The minimum atomic E-state index is -3.47. The van der Waals surface area contributed by atoms with E-state index in [-0.39, 0.29) is 4.90 Å². The Hall–Kier alpha value is -0.890. The quantitative estimate of drug-likeness (QED) is 0.689. The third-order valence-electron chi connectivity index (χ3n) is 3.09. The predicted molar refractivity (Wildman–Crippen MR) is 85.4 cm³/mol. The number of thiophene rings is 1. The van der Waals surface area contributed by atoms with Crippen LogP contribution in [-0.4, -0.2) is 42.0 Å². The molecule has 0 amide bonds. The minimum absolute atomic E-state index is 0.228. The number of aryl methyl sites for hydroxylation is 1. The van der Waals surface area contributed by atoms with Gasteiger partial charge in [-0.1, -0.05) is 6.07 Å². The van der Waals surface area contributed by atoms with Gasteiger partial charge in [0.15, 0.2) is 0 Å². The number of hydrogen-bond acceptors (Lipinski definition) is 4. The molecule has 0 N–H and O–H groups in total. The highest BCUT2D eigenvalue weighted by atomic mass is 35.5. The molecule has 0 aliphatic rings. The first-order chi connectivity index (χ1) is 10.0. The molecule has 2 heterocycles. The normalized spacial score (nSPS) is 12.1. The fourth-order valence-corrected chi connectivity index (χ4v) is 3.79. The third kappa shape index (κ3) is 4.29. The third-order valence-corrected chi connectivity index (χ3v) is 6.10. The summed E-state index contributed by atoms with van der Waals surface area (Å²) in [5, 5.41) is 6.06. The van der Waals surface area contributed by atoms with Crippen LogP contribution in [0, 0.1) is 0 Å². The molecular formula is C13H18ClN3O2S2. The standard InChI is InChI=1S/C13H18ClN3O2S2/c1-16(8-5-12-4-2-9-20-12)21(18,19)13-10-15-17(11-13)7-3-6-14/h2,4,9-11H,3,5-8H2,1H3. The van der Waals surface area contributed by atoms with Crippen LogP contribution in [0.3, 0.4) is 0 Å². The van der Waals surface area contributed by atoms with Gasteiger partial charge in [-0.3, -0.25) is 4.68 Å². The van der Waals surface area contributed by atoms with Crippen molar-refractivity contribution in [3.8, 4) is 0 Å². The van der Waals surface area contributed by atoms with Gasteiger partial charge in [-0.2, -0.15) is 5.10 Å². The van der Waals surface area contributed by atoms with E-state index in [2.05, 4.69) is 5.10 Å². The molecule has 0 saturated carbocycles. The zero-order valence-corrected chi connectivity index (χ0v) is 14.2. The number of nitrogens with zero attached hydrogens (tertiary/aromatic N) is 3. The Balaban J connectivity index is 2.00. The number of hydrogen-bond donors (Lipinski definition) is 0. The fourth-order valence-electron chi connectivity index (χ4n) is 1.84. The first-order valence-corrected chi connectivity index (χ1v) is 9.46. The lowest BCUT2D eigenvalue weighted by atomic mass is 10.3. The fraction of sp³-hybridized carbons (Fsp3) is 0.462. The molecule has 0 aromatic carbocycles. The average molecular weight is 348 g/mol. The summed E-state index contributed by atoms with van der Waals surface area (Å²) >= 11 is 7.26. The van der Waals surface area contributed by atoms with Crippen molar-refractivity contribution in [2.75, 3.05) is 19.5 Å². The van der Waals surface area contributed by atoms with E-state index in [1.54, 1.807) is 29.3 Å². The van der Waals surface area contributed by atoms with Crippen molar-refractivity contribution in [1.82, 2.24) is 14.1 Å². The van der Waals surface area contributed by atoms with Crippen molar-refractivity contribution < 1.29 is 8.42 Å². The lowest BCUT2D eigenvalue weighted by Crippen LogP contribution is -2.28. The average Bonchev–Trinajstić information content (AvgIpc) is 3.13. The largest absolute Gasteiger partial charge is 0.271 e. The van der Waals surface area contributed by atoms with Gasteiger partial charge in [-0.25, -0.2) is 12.7 Å². The lowest BCUT2D eigenvalue weighted by Gasteiger charge is -2.15. The summed E-state index contributed by atoms with van der Waals surface area (Å²) in [6.07, 6.45) is 4.43. The summed E-state index contributed by atoms with van der Waals surface area (Å²) in [5.74, 6) is 0.530. The van der Waals surface area contributed by atoms with Crippen molar-refractivity contribution in [3.63, 3.8) is 0 Å². The molecular weight excluding hydrogens is 330 g/mol. The van der Waals surface area contributed by atoms with Gasteiger partial charge in [0.1, 0.15) is 4.90 Å². The first-order valence-electron chi connectivity index (χ1n) is 6.61. The Kier molecular flexibility index (Phi) is 5.80. The van der Waals surface area contributed by atoms with Crippen LogP contribution in [0.1, 0.15) is 11.3 Å². The highest BCUT2D eigenvalue weighted by molar-refractivity contribution is 7.89. The second-order valence-electron chi connectivity index (χ2n) is 4.64. The molecule has 2 rings (SSSR count). The zero-order valence-electron chi connectivity index (χ0n) is 11.8. The van der Waals surface area contributed by atoms with Crippen LogP contribution in [0.4, 0.5) is 0 Å². The van der Waals surface area contributed by atoms with E-state index in [4.69, 9.17) is 11.6 Å². The van der Waals surface area contributed by atoms with Crippen LogP contribution in [0.2, 0.25) is 0 Å². The van der Waals surface area contributed by atoms with Crippen LogP contribution in [0.15, 0.2) is 34.8 Å². The number of halogens is 1. The Morgan fingerprint density at radius 3 is 2.95 bits per heavy atom. The van der Waals surface area contributed by atoms with Gasteiger partial charge in [0.2, 0.25) is 10.0 Å². The van der Waals surface area contributed by atoms with Gasteiger partial charge in [0.05, 0.1) is 6.20 Å². The van der Waals surface area contributed by atoms with Crippen molar-refractivity contribution in [2.45, 2.75) is 24.3 Å². The van der Waals surface area contributed by atoms with Crippen molar-refractivity contribution in [1.29, 1.82) is 0 Å². The minimum Gasteiger partial charge on any atom is -0.271 e. The summed E-state index contributed by atoms with van der Waals surface area (Å²) in [6.45, 7) is 1.08. The molecule has 5 nitrogen and oxygen atoms in total. The number of aromatic nitrogens is 2. The van der Waals surface area contributed by atoms with Gasteiger partial charge in [0, 0.05) is 37.1 Å². The Bertz CT molecular complexity index is 653. The van der Waals surface area contributed by atoms with Gasteiger partial charge in [0.25, 0.3) is 0 Å². The summed E-state index contributed by atoms with van der Waals surface area (Å²) in [5.41, 5.74) is 0. The first kappa shape index (κ1) is 16.5. The number of alkyl halides is 1. The maximum Gasteiger partial charge on any atom is 0.245 e. The Morgan fingerprint density at radius 1 is 1.48 bits per heavy atom. The molecule has 0 fully saturated rings. The number of sulfonamides is 1. The number of likely N-dealkylation sites (N-methyl/N-ethyl adjacent to an activating group) is 1. The van der Waals surface area contributed by atoms with Crippen molar-refractivity contribution in [2.24, 2.45) is 0 Å². The topological polar surface area (TPSA) is 55.2 Å². The molecule has 8 heteroatoms. The molecule has 2 aromatic rings. The molecule has 0 radical (unpaired) electrons.